The van der Waals surface area contributed by atoms with E-state index in [0.717, 1.165) is 22.7 Å². The molecular formula is C18H18N4OS. The van der Waals surface area contributed by atoms with E-state index in [0.29, 0.717) is 17.1 Å². The number of hydrogen-bond donors (Lipinski definition) is 2. The summed E-state index contributed by atoms with van der Waals surface area (Å²) in [5.74, 6) is 1.26. The monoisotopic (exact) mass is 338 g/mol. The van der Waals surface area contributed by atoms with E-state index in [1.165, 1.54) is 0 Å². The Morgan fingerprint density at radius 3 is 2.67 bits per heavy atom. The van der Waals surface area contributed by atoms with Crippen molar-refractivity contribution in [1.82, 2.24) is 15.2 Å². The zero-order chi connectivity index (χ0) is 16.9. The highest BCUT2D eigenvalue weighted by molar-refractivity contribution is 7.98. The van der Waals surface area contributed by atoms with E-state index in [2.05, 4.69) is 20.5 Å². The van der Waals surface area contributed by atoms with Crippen molar-refractivity contribution < 1.29 is 4.79 Å². The quantitative estimate of drug-likeness (QED) is 0.690. The van der Waals surface area contributed by atoms with Gasteiger partial charge in [-0.15, -0.1) is 11.8 Å². The summed E-state index contributed by atoms with van der Waals surface area (Å²) in [6.07, 6.45) is 2.74. The van der Waals surface area contributed by atoms with Crippen molar-refractivity contribution in [2.24, 2.45) is 0 Å². The average molecular weight is 338 g/mol. The maximum atomic E-state index is 12.7. The molecular weight excluding hydrogens is 320 g/mol. The first-order valence-corrected chi connectivity index (χ1v) is 8.90. The molecule has 24 heavy (non-hydrogen) atoms. The van der Waals surface area contributed by atoms with E-state index in [4.69, 9.17) is 0 Å². The van der Waals surface area contributed by atoms with Gasteiger partial charge in [-0.05, 0) is 30.5 Å². The number of anilines is 1. The van der Waals surface area contributed by atoms with E-state index in [1.54, 1.807) is 11.8 Å². The van der Waals surface area contributed by atoms with Gasteiger partial charge in [0.1, 0.15) is 5.82 Å². The Hall–Kier alpha value is -2.60. The van der Waals surface area contributed by atoms with Gasteiger partial charge in [-0.2, -0.15) is 5.10 Å². The van der Waals surface area contributed by atoms with Crippen molar-refractivity contribution in [3.8, 4) is 11.4 Å². The Labute approximate surface area is 144 Å². The molecule has 6 heteroatoms. The number of H-pyrrole nitrogens is 1. The standard InChI is InChI=1S/C18H18N4OS/c1-3-16-20-17(22-21-16)12-8-4-6-10-14(12)19-18(23)13-9-5-7-11-15(13)24-2/h4-11H,3H2,1-2H3,(H,19,23)(H,20,21,22). The minimum atomic E-state index is -0.140. The number of hydrogen-bond acceptors (Lipinski definition) is 4. The number of aryl methyl sites for hydroxylation is 1. The number of rotatable bonds is 5. The molecule has 2 aromatic carbocycles. The molecule has 0 saturated heterocycles. The average Bonchev–Trinajstić information content (AvgIpc) is 3.11. The van der Waals surface area contributed by atoms with Crippen LogP contribution in [-0.2, 0) is 6.42 Å². The van der Waals surface area contributed by atoms with Gasteiger partial charge < -0.3 is 5.32 Å². The predicted molar refractivity (Wildman–Crippen MR) is 97.4 cm³/mol. The van der Waals surface area contributed by atoms with Crippen molar-refractivity contribution in [2.75, 3.05) is 11.6 Å². The van der Waals surface area contributed by atoms with Gasteiger partial charge in [0.25, 0.3) is 5.91 Å². The molecule has 1 heterocycles. The fraction of sp³-hybridized carbons (Fsp3) is 0.167. The molecule has 0 unspecified atom stereocenters. The third-order valence-corrected chi connectivity index (χ3v) is 4.43. The first-order chi connectivity index (χ1) is 11.7. The summed E-state index contributed by atoms with van der Waals surface area (Å²) in [6.45, 7) is 2.01. The third kappa shape index (κ3) is 3.33. The van der Waals surface area contributed by atoms with Crippen LogP contribution in [0.5, 0.6) is 0 Å². The Kier molecular flexibility index (Phi) is 4.96. The molecule has 0 fully saturated rings. The highest BCUT2D eigenvalue weighted by Gasteiger charge is 2.15. The van der Waals surface area contributed by atoms with Crippen molar-refractivity contribution in [3.63, 3.8) is 0 Å². The SMILES string of the molecule is CCc1nc(-c2ccccc2NC(=O)c2ccccc2SC)n[nH]1. The van der Waals surface area contributed by atoms with Crippen LogP contribution < -0.4 is 5.32 Å². The first kappa shape index (κ1) is 16.3. The largest absolute Gasteiger partial charge is 0.321 e. The number of carbonyl (C=O) groups excluding carboxylic acids is 1. The number of para-hydroxylation sites is 1. The van der Waals surface area contributed by atoms with Crippen molar-refractivity contribution in [2.45, 2.75) is 18.2 Å². The zero-order valence-corrected chi connectivity index (χ0v) is 14.4. The number of thioether (sulfide) groups is 1. The number of carbonyl (C=O) groups is 1. The molecule has 0 radical (unpaired) electrons. The van der Waals surface area contributed by atoms with Crippen LogP contribution in [0.3, 0.4) is 0 Å². The molecule has 0 aliphatic heterocycles. The summed E-state index contributed by atoms with van der Waals surface area (Å²) in [5.41, 5.74) is 2.15. The van der Waals surface area contributed by atoms with E-state index < -0.39 is 0 Å². The Morgan fingerprint density at radius 1 is 1.17 bits per heavy atom. The lowest BCUT2D eigenvalue weighted by Crippen LogP contribution is -2.13. The number of amides is 1. The third-order valence-electron chi connectivity index (χ3n) is 3.63. The number of nitrogens with one attached hydrogen (secondary N) is 2. The topological polar surface area (TPSA) is 70.7 Å². The highest BCUT2D eigenvalue weighted by Crippen LogP contribution is 2.27. The highest BCUT2D eigenvalue weighted by atomic mass is 32.2. The molecule has 0 aliphatic carbocycles. The zero-order valence-electron chi connectivity index (χ0n) is 13.5. The summed E-state index contributed by atoms with van der Waals surface area (Å²) in [7, 11) is 0. The molecule has 0 spiro atoms. The Morgan fingerprint density at radius 2 is 1.92 bits per heavy atom. The molecule has 1 aromatic heterocycles. The van der Waals surface area contributed by atoms with Crippen molar-refractivity contribution >= 4 is 23.4 Å². The summed E-state index contributed by atoms with van der Waals surface area (Å²) in [6, 6.07) is 15.1. The normalized spacial score (nSPS) is 10.6. The van der Waals surface area contributed by atoms with E-state index in [-0.39, 0.29) is 5.91 Å². The van der Waals surface area contributed by atoms with Gasteiger partial charge in [0.2, 0.25) is 0 Å². The van der Waals surface area contributed by atoms with Gasteiger partial charge in [0.15, 0.2) is 5.82 Å². The van der Waals surface area contributed by atoms with Crippen LogP contribution in [0.2, 0.25) is 0 Å². The summed E-state index contributed by atoms with van der Waals surface area (Å²) < 4.78 is 0. The number of benzene rings is 2. The molecule has 3 rings (SSSR count). The van der Waals surface area contributed by atoms with Crippen LogP contribution in [0.4, 0.5) is 5.69 Å². The number of aromatic amines is 1. The molecule has 2 N–H and O–H groups in total. The van der Waals surface area contributed by atoms with Gasteiger partial charge in [-0.1, -0.05) is 31.2 Å². The fourth-order valence-corrected chi connectivity index (χ4v) is 2.98. The van der Waals surface area contributed by atoms with Crippen LogP contribution >= 0.6 is 11.8 Å². The van der Waals surface area contributed by atoms with Crippen molar-refractivity contribution in [1.29, 1.82) is 0 Å². The van der Waals surface area contributed by atoms with Crippen LogP contribution in [-0.4, -0.2) is 27.3 Å². The van der Waals surface area contributed by atoms with Crippen LogP contribution in [0.1, 0.15) is 23.1 Å². The minimum absolute atomic E-state index is 0.140. The lowest BCUT2D eigenvalue weighted by Gasteiger charge is -2.11. The maximum Gasteiger partial charge on any atom is 0.256 e. The van der Waals surface area contributed by atoms with Gasteiger partial charge in [-0.25, -0.2) is 4.98 Å². The van der Waals surface area contributed by atoms with E-state index in [9.17, 15) is 4.79 Å². The van der Waals surface area contributed by atoms with Crippen LogP contribution in [0.25, 0.3) is 11.4 Å². The lowest BCUT2D eigenvalue weighted by molar-refractivity contribution is 0.102. The van der Waals surface area contributed by atoms with E-state index >= 15 is 0 Å². The molecule has 3 aromatic rings. The Balaban J connectivity index is 1.92. The van der Waals surface area contributed by atoms with Crippen LogP contribution in [0, 0.1) is 0 Å². The van der Waals surface area contributed by atoms with E-state index in [1.807, 2.05) is 61.7 Å². The second-order valence-electron chi connectivity index (χ2n) is 5.16. The lowest BCUT2D eigenvalue weighted by atomic mass is 10.1. The second kappa shape index (κ2) is 7.31. The van der Waals surface area contributed by atoms with Gasteiger partial charge in [0.05, 0.1) is 11.3 Å². The number of nitrogens with zero attached hydrogens (tertiary/aromatic N) is 2. The molecule has 0 bridgehead atoms. The Bertz CT molecular complexity index is 859. The second-order valence-corrected chi connectivity index (χ2v) is 6.01. The molecule has 5 nitrogen and oxygen atoms in total. The molecule has 0 atom stereocenters. The fourth-order valence-electron chi connectivity index (χ4n) is 2.38. The number of aromatic nitrogens is 3. The minimum Gasteiger partial charge on any atom is -0.321 e. The summed E-state index contributed by atoms with van der Waals surface area (Å²) in [4.78, 5) is 18.1. The predicted octanol–water partition coefficient (Wildman–Crippen LogP) is 4.01. The summed E-state index contributed by atoms with van der Waals surface area (Å²) in [5, 5.41) is 10.1. The van der Waals surface area contributed by atoms with Crippen LogP contribution in [0.15, 0.2) is 53.4 Å². The van der Waals surface area contributed by atoms with Gasteiger partial charge in [-0.3, -0.25) is 9.89 Å². The van der Waals surface area contributed by atoms with Gasteiger partial charge in [0, 0.05) is 16.9 Å². The molecule has 122 valence electrons. The van der Waals surface area contributed by atoms with Gasteiger partial charge >= 0.3 is 0 Å². The molecule has 1 amide bonds. The molecule has 0 aliphatic rings. The summed E-state index contributed by atoms with van der Waals surface area (Å²) >= 11 is 1.55. The smallest absolute Gasteiger partial charge is 0.256 e. The van der Waals surface area contributed by atoms with Crippen molar-refractivity contribution in [3.05, 3.63) is 59.9 Å². The maximum absolute atomic E-state index is 12.7. The first-order valence-electron chi connectivity index (χ1n) is 7.68. The molecule has 0 saturated carbocycles.